The first kappa shape index (κ1) is 18.0. The normalized spacial score (nSPS) is 16.6. The van der Waals surface area contributed by atoms with E-state index in [2.05, 4.69) is 32.6 Å². The average Bonchev–Trinajstić information content (AvgIpc) is 2.37. The van der Waals surface area contributed by atoms with Crippen LogP contribution in [0.4, 0.5) is 0 Å². The smallest absolute Gasteiger partial charge is 0.236 e. The molecule has 0 saturated carbocycles. The van der Waals surface area contributed by atoms with Crippen LogP contribution in [0.15, 0.2) is 0 Å². The van der Waals surface area contributed by atoms with Crippen molar-refractivity contribution in [1.82, 2.24) is 14.7 Å². The van der Waals surface area contributed by atoms with Gasteiger partial charge in [0.05, 0.1) is 6.54 Å². The van der Waals surface area contributed by atoms with Crippen molar-refractivity contribution in [2.45, 2.75) is 34.6 Å². The molecule has 2 amide bonds. The zero-order valence-corrected chi connectivity index (χ0v) is 14.3. The Balaban J connectivity index is 2.48. The van der Waals surface area contributed by atoms with Gasteiger partial charge < -0.3 is 9.80 Å². The number of carbonyl (C=O) groups is 2. The number of piperazine rings is 1. The van der Waals surface area contributed by atoms with Gasteiger partial charge >= 0.3 is 0 Å². The molecule has 1 rings (SSSR count). The van der Waals surface area contributed by atoms with Crippen LogP contribution < -0.4 is 0 Å². The summed E-state index contributed by atoms with van der Waals surface area (Å²) in [5.41, 5.74) is 0. The maximum atomic E-state index is 12.5. The van der Waals surface area contributed by atoms with Crippen molar-refractivity contribution < 1.29 is 9.59 Å². The van der Waals surface area contributed by atoms with Crippen molar-refractivity contribution in [1.29, 1.82) is 0 Å². The fourth-order valence-corrected chi connectivity index (χ4v) is 2.67. The first-order valence-corrected chi connectivity index (χ1v) is 8.05. The minimum atomic E-state index is 0.127. The third-order valence-corrected chi connectivity index (χ3v) is 3.70. The molecular weight excluding hydrogens is 266 g/mol. The van der Waals surface area contributed by atoms with Crippen molar-refractivity contribution in [3.8, 4) is 0 Å². The minimum Gasteiger partial charge on any atom is -0.341 e. The summed E-state index contributed by atoms with van der Waals surface area (Å²) < 4.78 is 0. The van der Waals surface area contributed by atoms with Crippen LogP contribution in [-0.2, 0) is 9.59 Å². The van der Waals surface area contributed by atoms with Gasteiger partial charge in [-0.25, -0.2) is 0 Å². The Hall–Kier alpha value is -1.10. The summed E-state index contributed by atoms with van der Waals surface area (Å²) in [6, 6.07) is 0. The second kappa shape index (κ2) is 8.37. The van der Waals surface area contributed by atoms with Crippen LogP contribution in [-0.4, -0.2) is 72.3 Å². The predicted molar refractivity (Wildman–Crippen MR) is 85.0 cm³/mol. The number of amides is 2. The van der Waals surface area contributed by atoms with E-state index in [1.54, 1.807) is 6.92 Å². The first-order valence-electron chi connectivity index (χ1n) is 8.05. The van der Waals surface area contributed by atoms with Gasteiger partial charge in [0.25, 0.3) is 0 Å². The quantitative estimate of drug-likeness (QED) is 0.742. The van der Waals surface area contributed by atoms with Crippen molar-refractivity contribution in [3.63, 3.8) is 0 Å². The van der Waals surface area contributed by atoms with Gasteiger partial charge in [-0.3, -0.25) is 14.5 Å². The van der Waals surface area contributed by atoms with Crippen LogP contribution in [0.2, 0.25) is 0 Å². The lowest BCUT2D eigenvalue weighted by Crippen LogP contribution is -2.51. The van der Waals surface area contributed by atoms with Gasteiger partial charge in [-0.2, -0.15) is 0 Å². The molecule has 0 aromatic heterocycles. The molecule has 0 unspecified atom stereocenters. The number of hydrogen-bond acceptors (Lipinski definition) is 3. The van der Waals surface area contributed by atoms with Crippen LogP contribution in [0.3, 0.4) is 0 Å². The molecule has 0 atom stereocenters. The fourth-order valence-electron chi connectivity index (χ4n) is 2.67. The van der Waals surface area contributed by atoms with Crippen molar-refractivity contribution in [2.75, 3.05) is 45.8 Å². The van der Waals surface area contributed by atoms with Crippen LogP contribution in [0.25, 0.3) is 0 Å². The van der Waals surface area contributed by atoms with Gasteiger partial charge in [0.1, 0.15) is 0 Å². The molecule has 122 valence electrons. The van der Waals surface area contributed by atoms with E-state index in [9.17, 15) is 9.59 Å². The lowest BCUT2D eigenvalue weighted by molar-refractivity contribution is -0.135. The van der Waals surface area contributed by atoms with Crippen molar-refractivity contribution in [2.24, 2.45) is 11.8 Å². The molecule has 1 fully saturated rings. The number of rotatable bonds is 6. The summed E-state index contributed by atoms with van der Waals surface area (Å²) in [6.45, 7) is 15.4. The van der Waals surface area contributed by atoms with Gasteiger partial charge in [0, 0.05) is 46.2 Å². The standard InChI is InChI=1S/C16H31N3O2/c1-13(2)10-19(11-14(3)4)16(21)12-17-6-8-18(9-7-17)15(5)20/h13-14H,6-12H2,1-5H3. The third-order valence-electron chi connectivity index (χ3n) is 3.70. The monoisotopic (exact) mass is 297 g/mol. The van der Waals surface area contributed by atoms with Gasteiger partial charge in [-0.1, -0.05) is 27.7 Å². The Morgan fingerprint density at radius 1 is 0.952 bits per heavy atom. The molecule has 1 aliphatic rings. The molecule has 0 spiro atoms. The van der Waals surface area contributed by atoms with E-state index >= 15 is 0 Å². The Bertz CT molecular complexity index is 337. The van der Waals surface area contributed by atoms with Crippen LogP contribution in [0.1, 0.15) is 34.6 Å². The lowest BCUT2D eigenvalue weighted by atomic mass is 10.1. The molecule has 1 saturated heterocycles. The molecule has 0 aromatic carbocycles. The van der Waals surface area contributed by atoms with E-state index in [0.29, 0.717) is 18.4 Å². The van der Waals surface area contributed by atoms with Crippen molar-refractivity contribution in [3.05, 3.63) is 0 Å². The van der Waals surface area contributed by atoms with Gasteiger partial charge in [-0.15, -0.1) is 0 Å². The summed E-state index contributed by atoms with van der Waals surface area (Å²) in [7, 11) is 0. The topological polar surface area (TPSA) is 43.9 Å². The summed E-state index contributed by atoms with van der Waals surface area (Å²) in [5, 5.41) is 0. The zero-order chi connectivity index (χ0) is 16.0. The molecule has 0 radical (unpaired) electrons. The summed E-state index contributed by atoms with van der Waals surface area (Å²) in [4.78, 5) is 29.8. The van der Waals surface area contributed by atoms with Crippen molar-refractivity contribution >= 4 is 11.8 Å². The SMILES string of the molecule is CC(=O)N1CCN(CC(=O)N(CC(C)C)CC(C)C)CC1. The van der Waals surface area contributed by atoms with E-state index < -0.39 is 0 Å². The highest BCUT2D eigenvalue weighted by Crippen LogP contribution is 2.07. The molecule has 0 bridgehead atoms. The maximum absolute atomic E-state index is 12.5. The lowest BCUT2D eigenvalue weighted by Gasteiger charge is -2.35. The second-order valence-electron chi connectivity index (χ2n) is 6.87. The number of nitrogens with zero attached hydrogens (tertiary/aromatic N) is 3. The van der Waals surface area contributed by atoms with E-state index in [0.717, 1.165) is 39.3 Å². The molecule has 1 heterocycles. The largest absolute Gasteiger partial charge is 0.341 e. The molecule has 21 heavy (non-hydrogen) atoms. The Labute approximate surface area is 129 Å². The minimum absolute atomic E-state index is 0.127. The highest BCUT2D eigenvalue weighted by molar-refractivity contribution is 5.78. The predicted octanol–water partition coefficient (Wildman–Crippen LogP) is 1.29. The van der Waals surface area contributed by atoms with E-state index in [4.69, 9.17) is 0 Å². The molecule has 5 nitrogen and oxygen atoms in total. The van der Waals surface area contributed by atoms with Crippen LogP contribution in [0.5, 0.6) is 0 Å². The number of hydrogen-bond donors (Lipinski definition) is 0. The molecule has 0 aromatic rings. The Morgan fingerprint density at radius 2 is 1.43 bits per heavy atom. The Morgan fingerprint density at radius 3 is 1.81 bits per heavy atom. The van der Waals surface area contributed by atoms with Crippen LogP contribution in [0, 0.1) is 11.8 Å². The van der Waals surface area contributed by atoms with E-state index in [1.807, 2.05) is 9.80 Å². The van der Waals surface area contributed by atoms with Gasteiger partial charge in [-0.05, 0) is 11.8 Å². The van der Waals surface area contributed by atoms with Gasteiger partial charge in [0.15, 0.2) is 0 Å². The van der Waals surface area contributed by atoms with Crippen LogP contribution >= 0.6 is 0 Å². The second-order valence-corrected chi connectivity index (χ2v) is 6.87. The molecular formula is C16H31N3O2. The van der Waals surface area contributed by atoms with E-state index in [1.165, 1.54) is 0 Å². The zero-order valence-electron chi connectivity index (χ0n) is 14.3. The highest BCUT2D eigenvalue weighted by atomic mass is 16.2. The highest BCUT2D eigenvalue weighted by Gasteiger charge is 2.23. The maximum Gasteiger partial charge on any atom is 0.236 e. The van der Waals surface area contributed by atoms with Gasteiger partial charge in [0.2, 0.25) is 11.8 Å². The molecule has 0 aliphatic carbocycles. The fraction of sp³-hybridized carbons (Fsp3) is 0.875. The van der Waals surface area contributed by atoms with E-state index in [-0.39, 0.29) is 11.8 Å². The summed E-state index contributed by atoms with van der Waals surface area (Å²) in [5.74, 6) is 1.32. The number of carbonyl (C=O) groups excluding carboxylic acids is 2. The third kappa shape index (κ3) is 6.46. The summed E-state index contributed by atoms with van der Waals surface area (Å²) >= 11 is 0. The molecule has 1 aliphatic heterocycles. The molecule has 5 heteroatoms. The average molecular weight is 297 g/mol. The Kier molecular flexibility index (Phi) is 7.15. The molecule has 0 N–H and O–H groups in total. The first-order chi connectivity index (χ1) is 9.79. The summed E-state index contributed by atoms with van der Waals surface area (Å²) in [6.07, 6.45) is 0.